The van der Waals surface area contributed by atoms with Gasteiger partial charge in [-0.15, -0.1) is 11.3 Å². The summed E-state index contributed by atoms with van der Waals surface area (Å²) in [7, 11) is 0. The molecule has 0 unspecified atom stereocenters. The van der Waals surface area contributed by atoms with Gasteiger partial charge in [0.15, 0.2) is 0 Å². The number of aliphatic carboxylic acids is 1. The molecule has 0 radical (unpaired) electrons. The highest BCUT2D eigenvalue weighted by Gasteiger charge is 2.27. The third-order valence-corrected chi connectivity index (χ3v) is 5.09. The summed E-state index contributed by atoms with van der Waals surface area (Å²) in [4.78, 5) is 25.7. The molecule has 1 atom stereocenters. The topological polar surface area (TPSA) is 75.4 Å². The molecule has 1 N–H and O–H groups in total. The molecule has 0 saturated carbocycles. The summed E-state index contributed by atoms with van der Waals surface area (Å²) in [6.45, 7) is 1.17. The summed E-state index contributed by atoms with van der Waals surface area (Å²) >= 11 is 7.19. The molecular weight excluding hydrogens is 338 g/mol. The summed E-state index contributed by atoms with van der Waals surface area (Å²) in [6.07, 6.45) is 3.52. The van der Waals surface area contributed by atoms with E-state index >= 15 is 0 Å². The minimum Gasteiger partial charge on any atom is -0.480 e. The van der Waals surface area contributed by atoms with Crippen LogP contribution >= 0.6 is 22.9 Å². The number of hydrogen-bond acceptors (Lipinski definition) is 4. The number of hydrogen-bond donors (Lipinski definition) is 1. The van der Waals surface area contributed by atoms with Crippen LogP contribution in [-0.2, 0) is 11.3 Å². The molecule has 2 aromatic rings. The number of piperidine rings is 1. The number of aromatic nitrogens is 2. The molecule has 0 aromatic carbocycles. The van der Waals surface area contributed by atoms with Gasteiger partial charge in [-0.3, -0.25) is 14.3 Å². The molecule has 1 fully saturated rings. The molecule has 1 amide bonds. The number of rotatable bonds is 4. The third kappa shape index (κ3) is 3.73. The molecule has 2 aromatic heterocycles. The second-order valence-electron chi connectivity index (χ2n) is 5.53. The van der Waals surface area contributed by atoms with Gasteiger partial charge in [0, 0.05) is 25.2 Å². The molecule has 0 bridgehead atoms. The number of thiophene rings is 1. The molecular formula is C15H16ClN3O3S. The van der Waals surface area contributed by atoms with Gasteiger partial charge in [-0.05, 0) is 31.0 Å². The van der Waals surface area contributed by atoms with Crippen LogP contribution in [0, 0.1) is 0 Å². The lowest BCUT2D eigenvalue weighted by Crippen LogP contribution is -2.38. The molecule has 3 heterocycles. The number of carbonyl (C=O) groups is 2. The van der Waals surface area contributed by atoms with Crippen LogP contribution in [0.25, 0.3) is 0 Å². The van der Waals surface area contributed by atoms with Gasteiger partial charge in [-0.2, -0.15) is 5.10 Å². The van der Waals surface area contributed by atoms with Gasteiger partial charge in [0.2, 0.25) is 0 Å². The van der Waals surface area contributed by atoms with Crippen molar-refractivity contribution in [2.45, 2.75) is 25.3 Å². The average Bonchev–Trinajstić information content (AvgIpc) is 3.15. The van der Waals surface area contributed by atoms with E-state index in [4.69, 9.17) is 16.7 Å². The highest BCUT2D eigenvalue weighted by molar-refractivity contribution is 7.17. The smallest absolute Gasteiger partial charge is 0.325 e. The lowest BCUT2D eigenvalue weighted by atomic mass is 9.95. The summed E-state index contributed by atoms with van der Waals surface area (Å²) in [5.41, 5.74) is 0.841. The summed E-state index contributed by atoms with van der Waals surface area (Å²) in [5.74, 6) is -0.788. The highest BCUT2D eigenvalue weighted by Crippen LogP contribution is 2.29. The first kappa shape index (κ1) is 16.0. The van der Waals surface area contributed by atoms with E-state index in [1.807, 2.05) is 11.0 Å². The zero-order chi connectivity index (χ0) is 16.4. The Bertz CT molecular complexity index is 727. The van der Waals surface area contributed by atoms with Crippen LogP contribution in [-0.4, -0.2) is 44.8 Å². The van der Waals surface area contributed by atoms with Crippen LogP contribution < -0.4 is 0 Å². The zero-order valence-electron chi connectivity index (χ0n) is 12.3. The van der Waals surface area contributed by atoms with Crippen LogP contribution in [0.1, 0.15) is 34.1 Å². The number of likely N-dealkylation sites (tertiary alicyclic amines) is 1. The van der Waals surface area contributed by atoms with Gasteiger partial charge in [0.1, 0.15) is 6.54 Å². The van der Waals surface area contributed by atoms with Gasteiger partial charge >= 0.3 is 5.97 Å². The van der Waals surface area contributed by atoms with E-state index in [-0.39, 0.29) is 18.4 Å². The maximum absolute atomic E-state index is 12.5. The largest absolute Gasteiger partial charge is 0.480 e. The van der Waals surface area contributed by atoms with E-state index in [0.717, 1.165) is 25.1 Å². The number of halogens is 1. The molecule has 23 heavy (non-hydrogen) atoms. The van der Waals surface area contributed by atoms with Crippen LogP contribution in [0.3, 0.4) is 0 Å². The summed E-state index contributed by atoms with van der Waals surface area (Å²) in [6, 6.07) is 5.32. The minimum atomic E-state index is -0.922. The Kier molecular flexibility index (Phi) is 4.68. The molecule has 6 nitrogen and oxygen atoms in total. The predicted molar refractivity (Wildman–Crippen MR) is 87.1 cm³/mol. The standard InChI is InChI=1S/C15H16ClN3O3S/c16-13-4-3-12(23-13)15(22)18-6-1-2-10(8-18)11-5-7-19(17-11)9-14(20)21/h3-5,7,10H,1-2,6,8-9H2,(H,20,21)/t10-/m1/s1. The van der Waals surface area contributed by atoms with Crippen molar-refractivity contribution >= 4 is 34.8 Å². The van der Waals surface area contributed by atoms with Crippen molar-refractivity contribution in [3.05, 3.63) is 39.3 Å². The van der Waals surface area contributed by atoms with Crippen LogP contribution in [0.5, 0.6) is 0 Å². The van der Waals surface area contributed by atoms with E-state index in [0.29, 0.717) is 15.8 Å². The molecule has 1 aliphatic rings. The van der Waals surface area contributed by atoms with E-state index in [1.54, 1.807) is 18.3 Å². The Balaban J connectivity index is 1.69. The van der Waals surface area contributed by atoms with Crippen molar-refractivity contribution in [3.63, 3.8) is 0 Å². The maximum atomic E-state index is 12.5. The summed E-state index contributed by atoms with van der Waals surface area (Å²) < 4.78 is 2.02. The summed E-state index contributed by atoms with van der Waals surface area (Å²) in [5, 5.41) is 13.1. The fraction of sp³-hybridized carbons (Fsp3) is 0.400. The Morgan fingerprint density at radius 2 is 2.22 bits per heavy atom. The fourth-order valence-corrected chi connectivity index (χ4v) is 3.82. The average molecular weight is 354 g/mol. The van der Waals surface area contributed by atoms with E-state index in [2.05, 4.69) is 5.10 Å². The Hall–Kier alpha value is -1.86. The zero-order valence-corrected chi connectivity index (χ0v) is 13.9. The van der Waals surface area contributed by atoms with Crippen LogP contribution in [0.2, 0.25) is 4.34 Å². The van der Waals surface area contributed by atoms with Crippen LogP contribution in [0.4, 0.5) is 0 Å². The lowest BCUT2D eigenvalue weighted by molar-refractivity contribution is -0.137. The fourth-order valence-electron chi connectivity index (χ4n) is 2.81. The number of carboxylic acids is 1. The van der Waals surface area contributed by atoms with Crippen molar-refractivity contribution in [2.24, 2.45) is 0 Å². The van der Waals surface area contributed by atoms with Crippen molar-refractivity contribution < 1.29 is 14.7 Å². The van der Waals surface area contributed by atoms with Crippen molar-refractivity contribution in [1.29, 1.82) is 0 Å². The van der Waals surface area contributed by atoms with Gasteiger partial charge in [-0.25, -0.2) is 0 Å². The maximum Gasteiger partial charge on any atom is 0.325 e. The molecule has 0 spiro atoms. The van der Waals surface area contributed by atoms with Gasteiger partial charge in [-0.1, -0.05) is 11.6 Å². The SMILES string of the molecule is O=C(O)Cn1ccc([C@@H]2CCCN(C(=O)c3ccc(Cl)s3)C2)n1. The first-order chi connectivity index (χ1) is 11.0. The predicted octanol–water partition coefficient (Wildman–Crippen LogP) is 2.70. The Morgan fingerprint density at radius 3 is 2.91 bits per heavy atom. The number of carboxylic acid groups (broad SMARTS) is 1. The third-order valence-electron chi connectivity index (χ3n) is 3.87. The number of carbonyl (C=O) groups excluding carboxylic acids is 1. The highest BCUT2D eigenvalue weighted by atomic mass is 35.5. The number of nitrogens with zero attached hydrogens (tertiary/aromatic N) is 3. The molecule has 122 valence electrons. The molecule has 8 heteroatoms. The molecule has 3 rings (SSSR count). The first-order valence-corrected chi connectivity index (χ1v) is 8.52. The van der Waals surface area contributed by atoms with Gasteiger partial charge in [0.25, 0.3) is 5.91 Å². The normalized spacial score (nSPS) is 18.1. The second kappa shape index (κ2) is 6.72. The van der Waals surface area contributed by atoms with E-state index in [9.17, 15) is 9.59 Å². The first-order valence-electron chi connectivity index (χ1n) is 7.32. The van der Waals surface area contributed by atoms with Gasteiger partial charge < -0.3 is 10.0 Å². The van der Waals surface area contributed by atoms with E-state index < -0.39 is 5.97 Å². The monoisotopic (exact) mass is 353 g/mol. The van der Waals surface area contributed by atoms with E-state index in [1.165, 1.54) is 16.0 Å². The van der Waals surface area contributed by atoms with Crippen LogP contribution in [0.15, 0.2) is 24.4 Å². The van der Waals surface area contributed by atoms with Crippen molar-refractivity contribution in [1.82, 2.24) is 14.7 Å². The molecule has 0 aliphatic carbocycles. The van der Waals surface area contributed by atoms with Gasteiger partial charge in [0.05, 0.1) is 14.9 Å². The number of amides is 1. The quantitative estimate of drug-likeness (QED) is 0.917. The Labute approximate surface area is 142 Å². The van der Waals surface area contributed by atoms with Crippen molar-refractivity contribution in [2.75, 3.05) is 13.1 Å². The van der Waals surface area contributed by atoms with Crippen molar-refractivity contribution in [3.8, 4) is 0 Å². The molecule has 1 saturated heterocycles. The minimum absolute atomic E-state index is 0.00318. The molecule has 1 aliphatic heterocycles. The lowest BCUT2D eigenvalue weighted by Gasteiger charge is -2.31. The Morgan fingerprint density at radius 1 is 1.39 bits per heavy atom. The second-order valence-corrected chi connectivity index (χ2v) is 7.24.